The minimum absolute atomic E-state index is 0.0725. The van der Waals surface area contributed by atoms with Gasteiger partial charge in [0.05, 0.1) is 22.6 Å². The zero-order valence-electron chi connectivity index (χ0n) is 15.6. The summed E-state index contributed by atoms with van der Waals surface area (Å²) in [5, 5.41) is 3.00. The lowest BCUT2D eigenvalue weighted by Gasteiger charge is -2.12. The fourth-order valence-corrected chi connectivity index (χ4v) is 3.86. The van der Waals surface area contributed by atoms with Gasteiger partial charge in [0.25, 0.3) is 15.9 Å². The Morgan fingerprint density at radius 1 is 1.00 bits per heavy atom. The SMILES string of the molecule is COc1ccc(S(=O)(=O)Nc2ccc(Cl)c(C(=O)NCc3ccccc3)c2)cc1. The molecule has 0 aliphatic heterocycles. The molecule has 3 aromatic rings. The first kappa shape index (κ1) is 20.7. The molecule has 0 atom stereocenters. The fourth-order valence-electron chi connectivity index (χ4n) is 2.61. The highest BCUT2D eigenvalue weighted by Gasteiger charge is 2.17. The zero-order chi connectivity index (χ0) is 20.9. The predicted molar refractivity (Wildman–Crippen MR) is 113 cm³/mol. The molecule has 0 aliphatic carbocycles. The van der Waals surface area contributed by atoms with Gasteiger partial charge >= 0.3 is 0 Å². The maximum Gasteiger partial charge on any atom is 0.261 e. The second-order valence-corrected chi connectivity index (χ2v) is 8.23. The van der Waals surface area contributed by atoms with Crippen LogP contribution >= 0.6 is 11.6 Å². The molecule has 0 spiro atoms. The van der Waals surface area contributed by atoms with Gasteiger partial charge < -0.3 is 10.1 Å². The van der Waals surface area contributed by atoms with E-state index in [-0.39, 0.29) is 21.2 Å². The Bertz CT molecular complexity index is 1100. The van der Waals surface area contributed by atoms with E-state index in [1.54, 1.807) is 12.1 Å². The highest BCUT2D eigenvalue weighted by atomic mass is 35.5. The molecule has 0 saturated heterocycles. The first-order valence-electron chi connectivity index (χ1n) is 8.67. The fraction of sp³-hybridized carbons (Fsp3) is 0.0952. The Labute approximate surface area is 174 Å². The van der Waals surface area contributed by atoms with Crippen molar-refractivity contribution in [1.82, 2.24) is 5.32 Å². The standard InChI is InChI=1S/C21H19ClN2O4S/c1-28-17-8-10-18(11-9-17)29(26,27)24-16-7-12-20(22)19(13-16)21(25)23-14-15-5-3-2-4-6-15/h2-13,24H,14H2,1H3,(H,23,25). The Kier molecular flexibility index (Phi) is 6.41. The molecular formula is C21H19ClN2O4S. The molecule has 0 fully saturated rings. The first-order valence-corrected chi connectivity index (χ1v) is 10.5. The molecule has 0 saturated carbocycles. The van der Waals surface area contributed by atoms with Crippen molar-refractivity contribution in [2.45, 2.75) is 11.4 Å². The normalized spacial score (nSPS) is 11.0. The van der Waals surface area contributed by atoms with E-state index in [1.165, 1.54) is 37.4 Å². The maximum absolute atomic E-state index is 12.6. The summed E-state index contributed by atoms with van der Waals surface area (Å²) in [6.07, 6.45) is 0. The van der Waals surface area contributed by atoms with Crippen LogP contribution in [0, 0.1) is 0 Å². The molecule has 0 unspecified atom stereocenters. The van der Waals surface area contributed by atoms with E-state index >= 15 is 0 Å². The van der Waals surface area contributed by atoms with Crippen LogP contribution in [0.4, 0.5) is 5.69 Å². The van der Waals surface area contributed by atoms with Crippen LogP contribution in [0.5, 0.6) is 5.75 Å². The second kappa shape index (κ2) is 8.98. The number of ether oxygens (including phenoxy) is 1. The van der Waals surface area contributed by atoms with Crippen molar-refractivity contribution in [1.29, 1.82) is 0 Å². The molecule has 1 amide bonds. The van der Waals surface area contributed by atoms with Crippen LogP contribution in [0.2, 0.25) is 5.02 Å². The molecule has 0 aromatic heterocycles. The summed E-state index contributed by atoms with van der Waals surface area (Å²) in [7, 11) is -2.33. The van der Waals surface area contributed by atoms with Crippen molar-refractivity contribution in [2.75, 3.05) is 11.8 Å². The van der Waals surface area contributed by atoms with E-state index in [1.807, 2.05) is 30.3 Å². The topological polar surface area (TPSA) is 84.5 Å². The minimum atomic E-state index is -3.83. The van der Waals surface area contributed by atoms with Gasteiger partial charge in [0.1, 0.15) is 5.75 Å². The Morgan fingerprint density at radius 2 is 1.69 bits per heavy atom. The Hall–Kier alpha value is -3.03. The number of halogens is 1. The first-order chi connectivity index (χ1) is 13.9. The van der Waals surface area contributed by atoms with E-state index in [2.05, 4.69) is 10.0 Å². The van der Waals surface area contributed by atoms with Gasteiger partial charge in [-0.25, -0.2) is 8.42 Å². The molecule has 2 N–H and O–H groups in total. The lowest BCUT2D eigenvalue weighted by atomic mass is 10.1. The highest BCUT2D eigenvalue weighted by Crippen LogP contribution is 2.24. The molecule has 0 heterocycles. The van der Waals surface area contributed by atoms with E-state index in [4.69, 9.17) is 16.3 Å². The number of carbonyl (C=O) groups is 1. The number of amides is 1. The van der Waals surface area contributed by atoms with Crippen molar-refractivity contribution in [3.8, 4) is 5.75 Å². The molecule has 0 aliphatic rings. The predicted octanol–water partition coefficient (Wildman–Crippen LogP) is 4.08. The molecule has 0 bridgehead atoms. The lowest BCUT2D eigenvalue weighted by molar-refractivity contribution is 0.0951. The van der Waals surface area contributed by atoms with Crippen molar-refractivity contribution < 1.29 is 17.9 Å². The number of hydrogen-bond acceptors (Lipinski definition) is 4. The number of rotatable bonds is 7. The quantitative estimate of drug-likeness (QED) is 0.591. The van der Waals surface area contributed by atoms with Gasteiger partial charge in [-0.1, -0.05) is 41.9 Å². The lowest BCUT2D eigenvalue weighted by Crippen LogP contribution is -2.23. The second-order valence-electron chi connectivity index (χ2n) is 6.14. The van der Waals surface area contributed by atoms with E-state index in [0.717, 1.165) is 5.56 Å². The van der Waals surface area contributed by atoms with Crippen LogP contribution < -0.4 is 14.8 Å². The summed E-state index contributed by atoms with van der Waals surface area (Å²) in [6, 6.07) is 19.8. The van der Waals surface area contributed by atoms with Gasteiger partial charge in [0.15, 0.2) is 0 Å². The summed E-state index contributed by atoms with van der Waals surface area (Å²) < 4.78 is 32.7. The molecule has 6 nitrogen and oxygen atoms in total. The van der Waals surface area contributed by atoms with Crippen LogP contribution in [-0.2, 0) is 16.6 Å². The molecule has 150 valence electrons. The molecule has 8 heteroatoms. The number of hydrogen-bond donors (Lipinski definition) is 2. The number of sulfonamides is 1. The van der Waals surface area contributed by atoms with Crippen LogP contribution in [0.25, 0.3) is 0 Å². The molecule has 3 aromatic carbocycles. The number of nitrogens with one attached hydrogen (secondary N) is 2. The van der Waals surface area contributed by atoms with Gasteiger partial charge in [-0.2, -0.15) is 0 Å². The number of methoxy groups -OCH3 is 1. The van der Waals surface area contributed by atoms with Crippen LogP contribution in [-0.4, -0.2) is 21.4 Å². The minimum Gasteiger partial charge on any atom is -0.497 e. The largest absolute Gasteiger partial charge is 0.497 e. The van der Waals surface area contributed by atoms with E-state index in [0.29, 0.717) is 12.3 Å². The van der Waals surface area contributed by atoms with Crippen LogP contribution in [0.1, 0.15) is 15.9 Å². The summed E-state index contributed by atoms with van der Waals surface area (Å²) in [5.74, 6) is 0.150. The van der Waals surface area contributed by atoms with Gasteiger partial charge in [0, 0.05) is 12.2 Å². The van der Waals surface area contributed by atoms with Crippen LogP contribution in [0.15, 0.2) is 77.7 Å². The maximum atomic E-state index is 12.6. The third-order valence-electron chi connectivity index (χ3n) is 4.13. The summed E-state index contributed by atoms with van der Waals surface area (Å²) in [6.45, 7) is 0.331. The molecule has 3 rings (SSSR count). The monoisotopic (exact) mass is 430 g/mol. The summed E-state index contributed by atoms with van der Waals surface area (Å²) >= 11 is 6.14. The third kappa shape index (κ3) is 5.28. The summed E-state index contributed by atoms with van der Waals surface area (Å²) in [5.41, 5.74) is 1.35. The Morgan fingerprint density at radius 3 is 2.34 bits per heavy atom. The molecule has 29 heavy (non-hydrogen) atoms. The van der Waals surface area contributed by atoms with Crippen molar-refractivity contribution in [3.63, 3.8) is 0 Å². The number of carbonyl (C=O) groups excluding carboxylic acids is 1. The smallest absolute Gasteiger partial charge is 0.261 e. The average Bonchev–Trinajstić information content (AvgIpc) is 2.74. The zero-order valence-corrected chi connectivity index (χ0v) is 17.1. The van der Waals surface area contributed by atoms with Crippen LogP contribution in [0.3, 0.4) is 0 Å². The molecular weight excluding hydrogens is 412 g/mol. The van der Waals surface area contributed by atoms with Gasteiger partial charge in [0.2, 0.25) is 0 Å². The highest BCUT2D eigenvalue weighted by molar-refractivity contribution is 7.92. The number of anilines is 1. The Balaban J connectivity index is 1.76. The van der Waals surface area contributed by atoms with Crippen molar-refractivity contribution in [2.24, 2.45) is 0 Å². The van der Waals surface area contributed by atoms with E-state index < -0.39 is 15.9 Å². The van der Waals surface area contributed by atoms with Gasteiger partial charge in [-0.3, -0.25) is 9.52 Å². The number of benzene rings is 3. The third-order valence-corrected chi connectivity index (χ3v) is 5.86. The van der Waals surface area contributed by atoms with E-state index in [9.17, 15) is 13.2 Å². The van der Waals surface area contributed by atoms with Gasteiger partial charge in [-0.05, 0) is 48.0 Å². The summed E-state index contributed by atoms with van der Waals surface area (Å²) in [4.78, 5) is 12.6. The van der Waals surface area contributed by atoms with Crippen molar-refractivity contribution in [3.05, 3.63) is 88.9 Å². The van der Waals surface area contributed by atoms with Gasteiger partial charge in [-0.15, -0.1) is 0 Å². The van der Waals surface area contributed by atoms with Crippen molar-refractivity contribution >= 4 is 33.2 Å². The average molecular weight is 431 g/mol. The molecule has 0 radical (unpaired) electrons.